The summed E-state index contributed by atoms with van der Waals surface area (Å²) in [5.74, 6) is 0. The molecule has 88 valence electrons. The number of thioether (sulfide) groups is 1. The van der Waals surface area contributed by atoms with Gasteiger partial charge in [-0.2, -0.15) is 17.0 Å². The zero-order valence-corrected chi connectivity index (χ0v) is 10.3. The summed E-state index contributed by atoms with van der Waals surface area (Å²) in [5, 5.41) is 20.7. The van der Waals surface area contributed by atoms with Gasteiger partial charge >= 0.3 is 0 Å². The fourth-order valence-electron chi connectivity index (χ4n) is 2.89. The number of aromatic nitrogens is 1. The Labute approximate surface area is 105 Å². The first-order chi connectivity index (χ1) is 8.19. The van der Waals surface area contributed by atoms with E-state index in [2.05, 4.69) is 4.98 Å². The molecule has 3 nitrogen and oxygen atoms in total. The molecule has 2 aliphatic rings. The summed E-state index contributed by atoms with van der Waals surface area (Å²) >= 11 is 2.02. The van der Waals surface area contributed by atoms with Crippen LogP contribution < -0.4 is 0 Å². The Balaban J connectivity index is 1.89. The first-order valence-electron chi connectivity index (χ1n) is 5.94. The minimum Gasteiger partial charge on any atom is -0.385 e. The van der Waals surface area contributed by atoms with E-state index < -0.39 is 5.60 Å². The smallest absolute Gasteiger partial charge is 0.140 e. The van der Waals surface area contributed by atoms with Crippen LogP contribution in [0.5, 0.6) is 0 Å². The maximum Gasteiger partial charge on any atom is 0.140 e. The van der Waals surface area contributed by atoms with Crippen molar-refractivity contribution in [2.45, 2.75) is 41.8 Å². The summed E-state index contributed by atoms with van der Waals surface area (Å²) < 4.78 is 0. The molecule has 2 aliphatic heterocycles. The second-order valence-corrected chi connectivity index (χ2v) is 6.55. The lowest BCUT2D eigenvalue weighted by Crippen LogP contribution is -2.34. The SMILES string of the molecule is N#Cc1ccc(C2(O)CC3CCC(C2)S3)cn1. The van der Waals surface area contributed by atoms with Gasteiger partial charge in [0.1, 0.15) is 11.8 Å². The van der Waals surface area contributed by atoms with Crippen molar-refractivity contribution in [2.75, 3.05) is 0 Å². The van der Waals surface area contributed by atoms with Gasteiger partial charge in [0.15, 0.2) is 0 Å². The van der Waals surface area contributed by atoms with Crippen molar-refractivity contribution in [2.24, 2.45) is 0 Å². The molecule has 0 aromatic carbocycles. The Morgan fingerprint density at radius 3 is 2.59 bits per heavy atom. The van der Waals surface area contributed by atoms with Crippen molar-refractivity contribution in [3.63, 3.8) is 0 Å². The van der Waals surface area contributed by atoms with Gasteiger partial charge in [-0.15, -0.1) is 0 Å². The first-order valence-corrected chi connectivity index (χ1v) is 6.88. The molecule has 17 heavy (non-hydrogen) atoms. The van der Waals surface area contributed by atoms with E-state index in [1.165, 1.54) is 12.8 Å². The van der Waals surface area contributed by atoms with Crippen LogP contribution in [0.2, 0.25) is 0 Å². The molecule has 2 atom stereocenters. The standard InChI is InChI=1S/C13H14N2OS/c14-7-10-2-1-9(8-15-10)13(16)5-11-3-4-12(6-13)17-11/h1-2,8,11-12,16H,3-6H2. The van der Waals surface area contributed by atoms with Gasteiger partial charge in [-0.05, 0) is 31.7 Å². The number of nitrogens with zero attached hydrogens (tertiary/aromatic N) is 2. The highest BCUT2D eigenvalue weighted by atomic mass is 32.2. The number of aliphatic hydroxyl groups is 1. The minimum absolute atomic E-state index is 0.408. The van der Waals surface area contributed by atoms with Gasteiger partial charge in [-0.3, -0.25) is 0 Å². The van der Waals surface area contributed by atoms with Crippen molar-refractivity contribution < 1.29 is 5.11 Å². The van der Waals surface area contributed by atoms with Crippen molar-refractivity contribution in [1.29, 1.82) is 5.26 Å². The molecule has 0 radical (unpaired) electrons. The van der Waals surface area contributed by atoms with Gasteiger partial charge in [-0.25, -0.2) is 4.98 Å². The lowest BCUT2D eigenvalue weighted by atomic mass is 9.87. The molecule has 0 spiro atoms. The van der Waals surface area contributed by atoms with E-state index in [1.54, 1.807) is 12.3 Å². The molecule has 2 saturated heterocycles. The fourth-order valence-corrected chi connectivity index (χ4v) is 4.72. The van der Waals surface area contributed by atoms with E-state index >= 15 is 0 Å². The van der Waals surface area contributed by atoms with Gasteiger partial charge in [-0.1, -0.05) is 6.07 Å². The third-order valence-corrected chi connectivity index (χ3v) is 5.32. The van der Waals surface area contributed by atoms with Gasteiger partial charge in [0, 0.05) is 22.3 Å². The molecule has 2 unspecified atom stereocenters. The van der Waals surface area contributed by atoms with E-state index in [0.29, 0.717) is 16.2 Å². The van der Waals surface area contributed by atoms with E-state index in [-0.39, 0.29) is 0 Å². The number of fused-ring (bicyclic) bond motifs is 2. The summed E-state index contributed by atoms with van der Waals surface area (Å²) in [6.45, 7) is 0. The van der Waals surface area contributed by atoms with Crippen LogP contribution in [0.4, 0.5) is 0 Å². The normalized spacial score (nSPS) is 35.5. The molecule has 1 N–H and O–H groups in total. The zero-order valence-electron chi connectivity index (χ0n) is 9.47. The fraction of sp³-hybridized carbons (Fsp3) is 0.538. The summed E-state index contributed by atoms with van der Waals surface area (Å²) in [5.41, 5.74) is 0.553. The van der Waals surface area contributed by atoms with E-state index in [4.69, 9.17) is 5.26 Å². The number of rotatable bonds is 1. The van der Waals surface area contributed by atoms with Crippen molar-refractivity contribution >= 4 is 11.8 Å². The molecule has 1 aromatic heterocycles. The van der Waals surface area contributed by atoms with Gasteiger partial charge in [0.25, 0.3) is 0 Å². The van der Waals surface area contributed by atoms with Crippen LogP contribution in [0.3, 0.4) is 0 Å². The Hall–Kier alpha value is -1.05. The third-order valence-electron chi connectivity index (χ3n) is 3.74. The highest BCUT2D eigenvalue weighted by molar-refractivity contribution is 8.00. The molecular weight excluding hydrogens is 232 g/mol. The maximum absolute atomic E-state index is 10.8. The Morgan fingerprint density at radius 1 is 1.35 bits per heavy atom. The van der Waals surface area contributed by atoms with Gasteiger partial charge in [0.05, 0.1) is 5.60 Å². The van der Waals surface area contributed by atoms with Crippen LogP contribution in [0.15, 0.2) is 18.3 Å². The zero-order chi connectivity index (χ0) is 11.9. The van der Waals surface area contributed by atoms with E-state index in [1.807, 2.05) is 23.9 Å². The highest BCUT2D eigenvalue weighted by Crippen LogP contribution is 2.50. The summed E-state index contributed by atoms with van der Waals surface area (Å²) in [7, 11) is 0. The lowest BCUT2D eigenvalue weighted by Gasteiger charge is -2.36. The third kappa shape index (κ3) is 1.94. The largest absolute Gasteiger partial charge is 0.385 e. The summed E-state index contributed by atoms with van der Waals surface area (Å²) in [6.07, 6.45) is 5.75. The van der Waals surface area contributed by atoms with E-state index in [9.17, 15) is 5.11 Å². The number of nitriles is 1. The second kappa shape index (κ2) is 4.01. The lowest BCUT2D eigenvalue weighted by molar-refractivity contribution is 0.0193. The van der Waals surface area contributed by atoms with Crippen LogP contribution in [0, 0.1) is 11.3 Å². The molecule has 4 heteroatoms. The topological polar surface area (TPSA) is 56.9 Å². The van der Waals surface area contributed by atoms with Crippen LogP contribution in [0.1, 0.15) is 36.9 Å². The van der Waals surface area contributed by atoms with Crippen molar-refractivity contribution in [3.05, 3.63) is 29.6 Å². The molecular formula is C13H14N2OS. The first kappa shape index (κ1) is 11.1. The van der Waals surface area contributed by atoms with Crippen LogP contribution >= 0.6 is 11.8 Å². The monoisotopic (exact) mass is 246 g/mol. The van der Waals surface area contributed by atoms with Crippen LogP contribution in [-0.2, 0) is 5.60 Å². The van der Waals surface area contributed by atoms with Gasteiger partial charge < -0.3 is 5.11 Å². The average molecular weight is 246 g/mol. The maximum atomic E-state index is 10.8. The van der Waals surface area contributed by atoms with E-state index in [0.717, 1.165) is 18.4 Å². The number of pyridine rings is 1. The van der Waals surface area contributed by atoms with Crippen LogP contribution in [0.25, 0.3) is 0 Å². The number of hydrogen-bond donors (Lipinski definition) is 1. The molecule has 2 bridgehead atoms. The molecule has 0 aliphatic carbocycles. The minimum atomic E-state index is -0.724. The summed E-state index contributed by atoms with van der Waals surface area (Å²) in [6, 6.07) is 5.54. The predicted molar refractivity (Wildman–Crippen MR) is 66.5 cm³/mol. The van der Waals surface area contributed by atoms with Gasteiger partial charge in [0.2, 0.25) is 0 Å². The quantitative estimate of drug-likeness (QED) is 0.825. The van der Waals surface area contributed by atoms with Crippen molar-refractivity contribution in [1.82, 2.24) is 4.98 Å². The molecule has 2 fully saturated rings. The summed E-state index contributed by atoms with van der Waals surface area (Å²) in [4.78, 5) is 4.06. The predicted octanol–water partition coefficient (Wildman–Crippen LogP) is 2.20. The Bertz CT molecular complexity index is 453. The second-order valence-electron chi connectivity index (χ2n) is 4.94. The molecule has 1 aromatic rings. The molecule has 0 amide bonds. The molecule has 3 rings (SSSR count). The Kier molecular flexibility index (Phi) is 2.61. The molecule has 0 saturated carbocycles. The Morgan fingerprint density at radius 2 is 2.06 bits per heavy atom. The highest BCUT2D eigenvalue weighted by Gasteiger charge is 2.44. The average Bonchev–Trinajstić information content (AvgIpc) is 2.69. The molecule has 3 heterocycles. The number of hydrogen-bond acceptors (Lipinski definition) is 4. The van der Waals surface area contributed by atoms with Crippen LogP contribution in [-0.4, -0.2) is 20.6 Å². The van der Waals surface area contributed by atoms with Crippen molar-refractivity contribution in [3.8, 4) is 6.07 Å².